The Kier molecular flexibility index (Phi) is 4.02. The normalized spacial score (nSPS) is 17.4. The number of nitrogens with two attached hydrogens (primary N) is 1. The van der Waals surface area contributed by atoms with E-state index in [0.29, 0.717) is 12.2 Å². The molecule has 0 radical (unpaired) electrons. The van der Waals surface area contributed by atoms with Crippen LogP contribution >= 0.6 is 23.2 Å². The molecular formula is C12H16Cl2N2O2S. The van der Waals surface area contributed by atoms with E-state index in [1.54, 1.807) is 0 Å². The molecule has 1 aliphatic rings. The van der Waals surface area contributed by atoms with Crippen molar-refractivity contribution in [3.8, 4) is 0 Å². The van der Waals surface area contributed by atoms with Crippen LogP contribution in [0.3, 0.4) is 0 Å². The molecule has 0 aromatic heterocycles. The molecule has 1 aliphatic carbocycles. The van der Waals surface area contributed by atoms with E-state index in [0.717, 1.165) is 19.3 Å². The number of hydrogen-bond donors (Lipinski definition) is 2. The van der Waals surface area contributed by atoms with Gasteiger partial charge in [-0.1, -0.05) is 30.1 Å². The number of hydrogen-bond acceptors (Lipinski definition) is 3. The van der Waals surface area contributed by atoms with Crippen LogP contribution < -0.4 is 10.5 Å². The van der Waals surface area contributed by atoms with E-state index in [4.69, 9.17) is 28.9 Å². The molecule has 0 heterocycles. The summed E-state index contributed by atoms with van der Waals surface area (Å²) in [6, 6.07) is 2.77. The van der Waals surface area contributed by atoms with E-state index in [1.807, 2.05) is 0 Å². The Morgan fingerprint density at radius 2 is 1.84 bits per heavy atom. The van der Waals surface area contributed by atoms with E-state index < -0.39 is 10.0 Å². The summed E-state index contributed by atoms with van der Waals surface area (Å²) >= 11 is 11.9. The van der Waals surface area contributed by atoms with Crippen molar-refractivity contribution in [3.05, 3.63) is 22.2 Å². The Balaban J connectivity index is 2.25. The molecule has 4 nitrogen and oxygen atoms in total. The largest absolute Gasteiger partial charge is 0.399 e. The highest BCUT2D eigenvalue weighted by Crippen LogP contribution is 2.48. The summed E-state index contributed by atoms with van der Waals surface area (Å²) in [6.45, 7) is 2.48. The third-order valence-corrected chi connectivity index (χ3v) is 5.96. The van der Waals surface area contributed by atoms with Crippen molar-refractivity contribution in [2.75, 3.05) is 12.3 Å². The predicted octanol–water partition coefficient (Wildman–Crippen LogP) is 3.04. The van der Waals surface area contributed by atoms with Gasteiger partial charge in [0.25, 0.3) is 0 Å². The van der Waals surface area contributed by atoms with Gasteiger partial charge in [0.1, 0.15) is 4.90 Å². The molecule has 0 bridgehead atoms. The fourth-order valence-corrected chi connectivity index (χ4v) is 4.37. The minimum Gasteiger partial charge on any atom is -0.399 e. The van der Waals surface area contributed by atoms with Crippen molar-refractivity contribution in [3.63, 3.8) is 0 Å². The minimum absolute atomic E-state index is 0.0406. The third kappa shape index (κ3) is 3.16. The minimum atomic E-state index is -3.71. The van der Waals surface area contributed by atoms with E-state index >= 15 is 0 Å². The number of rotatable bonds is 5. The Bertz CT molecular complexity index is 575. The molecule has 1 saturated carbocycles. The van der Waals surface area contributed by atoms with Gasteiger partial charge in [0.05, 0.1) is 10.0 Å². The Labute approximate surface area is 123 Å². The number of anilines is 1. The lowest BCUT2D eigenvalue weighted by Crippen LogP contribution is -2.30. The molecule has 0 unspecified atom stereocenters. The van der Waals surface area contributed by atoms with E-state index in [2.05, 4.69) is 11.6 Å². The van der Waals surface area contributed by atoms with Crippen LogP contribution in [0, 0.1) is 5.41 Å². The van der Waals surface area contributed by atoms with Crippen LogP contribution in [-0.4, -0.2) is 15.0 Å². The summed E-state index contributed by atoms with van der Waals surface area (Å²) in [5, 5.41) is 0.0812. The van der Waals surface area contributed by atoms with Crippen LogP contribution in [0.15, 0.2) is 17.0 Å². The van der Waals surface area contributed by atoms with Crippen molar-refractivity contribution >= 4 is 38.9 Å². The van der Waals surface area contributed by atoms with Crippen molar-refractivity contribution in [1.29, 1.82) is 0 Å². The van der Waals surface area contributed by atoms with Crippen LogP contribution in [-0.2, 0) is 10.0 Å². The van der Waals surface area contributed by atoms with Gasteiger partial charge in [-0.3, -0.25) is 0 Å². The maximum atomic E-state index is 12.3. The van der Waals surface area contributed by atoms with E-state index in [9.17, 15) is 8.42 Å². The van der Waals surface area contributed by atoms with Gasteiger partial charge in [0, 0.05) is 12.2 Å². The second-order valence-corrected chi connectivity index (χ2v) is 7.51. The zero-order chi connectivity index (χ0) is 14.3. The van der Waals surface area contributed by atoms with Gasteiger partial charge in [0.15, 0.2) is 0 Å². The molecule has 0 spiro atoms. The number of benzene rings is 1. The first-order valence-electron chi connectivity index (χ1n) is 6.04. The van der Waals surface area contributed by atoms with Gasteiger partial charge < -0.3 is 5.73 Å². The average molecular weight is 323 g/mol. The van der Waals surface area contributed by atoms with Crippen LogP contribution in [0.5, 0.6) is 0 Å². The molecule has 3 N–H and O–H groups in total. The molecule has 2 rings (SSSR count). The van der Waals surface area contributed by atoms with Crippen molar-refractivity contribution < 1.29 is 8.42 Å². The quantitative estimate of drug-likeness (QED) is 0.818. The van der Waals surface area contributed by atoms with Gasteiger partial charge in [-0.15, -0.1) is 0 Å². The molecular weight excluding hydrogens is 307 g/mol. The Hall–Kier alpha value is -0.490. The molecule has 1 fully saturated rings. The second kappa shape index (κ2) is 5.13. The van der Waals surface area contributed by atoms with Crippen molar-refractivity contribution in [1.82, 2.24) is 4.72 Å². The maximum absolute atomic E-state index is 12.3. The standard InChI is InChI=1S/C12H16Cl2N2O2S/c1-2-12(3-4-12)7-16-19(17,18)11-9(13)5-8(15)6-10(11)14/h5-6,16H,2-4,7,15H2,1H3. The maximum Gasteiger partial charge on any atom is 0.243 e. The number of nitrogens with one attached hydrogen (secondary N) is 1. The lowest BCUT2D eigenvalue weighted by atomic mass is 10.1. The molecule has 0 amide bonds. The van der Waals surface area contributed by atoms with E-state index in [1.165, 1.54) is 12.1 Å². The van der Waals surface area contributed by atoms with Gasteiger partial charge in [-0.05, 0) is 36.8 Å². The molecule has 0 atom stereocenters. The zero-order valence-electron chi connectivity index (χ0n) is 10.5. The van der Waals surface area contributed by atoms with Gasteiger partial charge in [0.2, 0.25) is 10.0 Å². The molecule has 0 aliphatic heterocycles. The first-order valence-corrected chi connectivity index (χ1v) is 8.28. The lowest BCUT2D eigenvalue weighted by molar-refractivity contribution is 0.475. The fourth-order valence-electron chi connectivity index (χ4n) is 1.99. The summed E-state index contributed by atoms with van der Waals surface area (Å²) in [6.07, 6.45) is 3.06. The monoisotopic (exact) mass is 322 g/mol. The molecule has 7 heteroatoms. The number of halogens is 2. The van der Waals surface area contributed by atoms with Crippen LogP contribution in [0.1, 0.15) is 26.2 Å². The zero-order valence-corrected chi connectivity index (χ0v) is 12.9. The van der Waals surface area contributed by atoms with E-state index in [-0.39, 0.29) is 20.4 Å². The Morgan fingerprint density at radius 3 is 2.26 bits per heavy atom. The number of nitrogen functional groups attached to an aromatic ring is 1. The summed E-state index contributed by atoms with van der Waals surface area (Å²) in [5.74, 6) is 0. The Morgan fingerprint density at radius 1 is 1.32 bits per heavy atom. The van der Waals surface area contributed by atoms with Crippen molar-refractivity contribution in [2.24, 2.45) is 5.41 Å². The first kappa shape index (κ1) is 14.9. The van der Waals surface area contributed by atoms with Crippen LogP contribution in [0.4, 0.5) is 5.69 Å². The first-order chi connectivity index (χ1) is 8.80. The third-order valence-electron chi connectivity index (χ3n) is 3.63. The average Bonchev–Trinajstić information content (AvgIpc) is 3.05. The van der Waals surface area contributed by atoms with Gasteiger partial charge >= 0.3 is 0 Å². The van der Waals surface area contributed by atoms with Crippen LogP contribution in [0.25, 0.3) is 0 Å². The highest BCUT2D eigenvalue weighted by molar-refractivity contribution is 7.89. The summed E-state index contributed by atoms with van der Waals surface area (Å²) in [5.41, 5.74) is 6.01. The molecule has 1 aromatic rings. The lowest BCUT2D eigenvalue weighted by Gasteiger charge is -2.15. The number of sulfonamides is 1. The fraction of sp³-hybridized carbons (Fsp3) is 0.500. The molecule has 0 saturated heterocycles. The smallest absolute Gasteiger partial charge is 0.243 e. The second-order valence-electron chi connectivity index (χ2n) is 4.99. The predicted molar refractivity (Wildman–Crippen MR) is 78.0 cm³/mol. The van der Waals surface area contributed by atoms with Gasteiger partial charge in [-0.25, -0.2) is 13.1 Å². The molecule has 106 valence electrons. The molecule has 1 aromatic carbocycles. The molecule has 19 heavy (non-hydrogen) atoms. The van der Waals surface area contributed by atoms with Crippen molar-refractivity contribution in [2.45, 2.75) is 31.1 Å². The summed E-state index contributed by atoms with van der Waals surface area (Å²) in [4.78, 5) is -0.100. The topological polar surface area (TPSA) is 72.2 Å². The SMILES string of the molecule is CCC1(CNS(=O)(=O)c2c(Cl)cc(N)cc2Cl)CC1. The summed E-state index contributed by atoms with van der Waals surface area (Å²) < 4.78 is 27.1. The highest BCUT2D eigenvalue weighted by atomic mass is 35.5. The van der Waals surface area contributed by atoms with Crippen LogP contribution in [0.2, 0.25) is 10.0 Å². The van der Waals surface area contributed by atoms with Gasteiger partial charge in [-0.2, -0.15) is 0 Å². The highest BCUT2D eigenvalue weighted by Gasteiger charge is 2.41. The summed E-state index contributed by atoms with van der Waals surface area (Å²) in [7, 11) is -3.71.